The summed E-state index contributed by atoms with van der Waals surface area (Å²) >= 11 is 0. The van der Waals surface area contributed by atoms with E-state index in [-0.39, 0.29) is 0 Å². The molecule has 2 heterocycles. The number of nitrogens with one attached hydrogen (secondary N) is 1. The zero-order valence-electron chi connectivity index (χ0n) is 12.3. The Hall–Kier alpha value is -0.120. The fraction of sp³-hybridized carbons (Fsp3) is 1.00. The van der Waals surface area contributed by atoms with Crippen molar-refractivity contribution in [3.05, 3.63) is 0 Å². The van der Waals surface area contributed by atoms with E-state index < -0.39 is 0 Å². The van der Waals surface area contributed by atoms with Gasteiger partial charge in [0.15, 0.2) is 0 Å². The summed E-state index contributed by atoms with van der Waals surface area (Å²) in [6.45, 7) is 14.7. The number of hydrogen-bond donors (Lipinski definition) is 1. The van der Waals surface area contributed by atoms with E-state index >= 15 is 0 Å². The standard InChI is InChI=1S/C15H29N3/c1-15(2,3)18-6-4-17(5-7-18)14-8-12-10-16-11-13(12)9-14/h12-14,16H,4-11H2,1-3H3. The minimum atomic E-state index is 0.349. The molecule has 0 aromatic rings. The van der Waals surface area contributed by atoms with Gasteiger partial charge in [0.1, 0.15) is 0 Å². The molecule has 0 spiro atoms. The predicted molar refractivity (Wildman–Crippen MR) is 75.8 cm³/mol. The minimum absolute atomic E-state index is 0.349. The van der Waals surface area contributed by atoms with Crippen molar-refractivity contribution < 1.29 is 0 Å². The van der Waals surface area contributed by atoms with Crippen LogP contribution < -0.4 is 5.32 Å². The van der Waals surface area contributed by atoms with Crippen LogP contribution in [0.4, 0.5) is 0 Å². The summed E-state index contributed by atoms with van der Waals surface area (Å²) < 4.78 is 0. The highest BCUT2D eigenvalue weighted by Gasteiger charge is 2.40. The second-order valence-corrected chi connectivity index (χ2v) is 7.50. The van der Waals surface area contributed by atoms with Crippen molar-refractivity contribution in [3.8, 4) is 0 Å². The van der Waals surface area contributed by atoms with Gasteiger partial charge in [0.25, 0.3) is 0 Å². The molecule has 0 amide bonds. The van der Waals surface area contributed by atoms with E-state index in [4.69, 9.17) is 0 Å². The normalized spacial score (nSPS) is 39.2. The van der Waals surface area contributed by atoms with E-state index in [1.54, 1.807) is 0 Å². The highest BCUT2D eigenvalue weighted by Crippen LogP contribution is 2.37. The third-order valence-corrected chi connectivity index (χ3v) is 5.41. The summed E-state index contributed by atoms with van der Waals surface area (Å²) in [5, 5.41) is 3.55. The average Bonchev–Trinajstić information content (AvgIpc) is 2.88. The quantitative estimate of drug-likeness (QED) is 0.760. The van der Waals surface area contributed by atoms with Gasteiger partial charge in [-0.2, -0.15) is 0 Å². The maximum atomic E-state index is 3.55. The topological polar surface area (TPSA) is 18.5 Å². The lowest BCUT2D eigenvalue weighted by molar-refractivity contribution is 0.0417. The van der Waals surface area contributed by atoms with E-state index in [1.807, 2.05) is 0 Å². The summed E-state index contributed by atoms with van der Waals surface area (Å²) in [6, 6.07) is 0.893. The molecular weight excluding hydrogens is 222 g/mol. The molecule has 0 aromatic carbocycles. The maximum absolute atomic E-state index is 3.55. The van der Waals surface area contributed by atoms with E-state index in [2.05, 4.69) is 35.9 Å². The molecule has 104 valence electrons. The summed E-state index contributed by atoms with van der Waals surface area (Å²) in [5.74, 6) is 1.96. The van der Waals surface area contributed by atoms with Gasteiger partial charge >= 0.3 is 0 Å². The van der Waals surface area contributed by atoms with Gasteiger partial charge in [-0.3, -0.25) is 9.80 Å². The molecule has 3 rings (SSSR count). The van der Waals surface area contributed by atoms with Crippen LogP contribution >= 0.6 is 0 Å². The first-order valence-corrected chi connectivity index (χ1v) is 7.74. The Morgan fingerprint density at radius 1 is 0.889 bits per heavy atom. The van der Waals surface area contributed by atoms with Crippen LogP contribution in [0.5, 0.6) is 0 Å². The summed E-state index contributed by atoms with van der Waals surface area (Å²) in [4.78, 5) is 5.42. The zero-order valence-corrected chi connectivity index (χ0v) is 12.3. The van der Waals surface area contributed by atoms with Gasteiger partial charge in [0.05, 0.1) is 0 Å². The number of rotatable bonds is 1. The van der Waals surface area contributed by atoms with Crippen LogP contribution in [0.15, 0.2) is 0 Å². The maximum Gasteiger partial charge on any atom is 0.0126 e. The molecule has 2 saturated heterocycles. The molecule has 2 atom stereocenters. The van der Waals surface area contributed by atoms with Gasteiger partial charge in [-0.25, -0.2) is 0 Å². The third-order valence-electron chi connectivity index (χ3n) is 5.41. The van der Waals surface area contributed by atoms with Gasteiger partial charge in [0.2, 0.25) is 0 Å². The third kappa shape index (κ3) is 2.45. The molecule has 2 aliphatic heterocycles. The molecule has 3 aliphatic rings. The summed E-state index contributed by atoms with van der Waals surface area (Å²) in [6.07, 6.45) is 2.90. The van der Waals surface area contributed by atoms with Crippen molar-refractivity contribution in [2.24, 2.45) is 11.8 Å². The first kappa shape index (κ1) is 12.9. The Morgan fingerprint density at radius 3 is 1.94 bits per heavy atom. The Morgan fingerprint density at radius 2 is 1.44 bits per heavy atom. The molecule has 1 saturated carbocycles. The van der Waals surface area contributed by atoms with Gasteiger partial charge in [0, 0.05) is 37.8 Å². The fourth-order valence-electron chi connectivity index (χ4n) is 4.19. The van der Waals surface area contributed by atoms with Crippen LogP contribution in [0.1, 0.15) is 33.6 Å². The van der Waals surface area contributed by atoms with Crippen LogP contribution in [0.25, 0.3) is 0 Å². The van der Waals surface area contributed by atoms with Crippen molar-refractivity contribution in [1.29, 1.82) is 0 Å². The van der Waals surface area contributed by atoms with Crippen LogP contribution in [0, 0.1) is 11.8 Å². The molecule has 0 radical (unpaired) electrons. The Balaban J connectivity index is 1.52. The molecule has 2 unspecified atom stereocenters. The highest BCUT2D eigenvalue weighted by atomic mass is 15.3. The predicted octanol–water partition coefficient (Wildman–Crippen LogP) is 1.40. The molecule has 1 aliphatic carbocycles. The average molecular weight is 251 g/mol. The molecule has 3 heteroatoms. The van der Waals surface area contributed by atoms with E-state index in [9.17, 15) is 0 Å². The van der Waals surface area contributed by atoms with Gasteiger partial charge in [-0.15, -0.1) is 0 Å². The molecular formula is C15H29N3. The molecule has 1 N–H and O–H groups in total. The fourth-order valence-corrected chi connectivity index (χ4v) is 4.19. The van der Waals surface area contributed by atoms with E-state index in [0.29, 0.717) is 5.54 Å². The van der Waals surface area contributed by atoms with Gasteiger partial charge < -0.3 is 5.32 Å². The van der Waals surface area contributed by atoms with Crippen LogP contribution in [-0.2, 0) is 0 Å². The molecule has 0 aromatic heterocycles. The largest absolute Gasteiger partial charge is 0.316 e. The van der Waals surface area contributed by atoms with Crippen molar-refractivity contribution in [1.82, 2.24) is 15.1 Å². The first-order valence-electron chi connectivity index (χ1n) is 7.74. The highest BCUT2D eigenvalue weighted by molar-refractivity contribution is 4.96. The number of hydrogen-bond acceptors (Lipinski definition) is 3. The molecule has 0 bridgehead atoms. The lowest BCUT2D eigenvalue weighted by atomic mass is 10.0. The second kappa shape index (κ2) is 4.77. The molecule has 18 heavy (non-hydrogen) atoms. The van der Waals surface area contributed by atoms with Crippen molar-refractivity contribution in [3.63, 3.8) is 0 Å². The van der Waals surface area contributed by atoms with Crippen LogP contribution in [0.2, 0.25) is 0 Å². The Bertz CT molecular complexity index is 277. The lowest BCUT2D eigenvalue weighted by Crippen LogP contribution is -2.55. The Labute approximate surface area is 112 Å². The number of nitrogens with zero attached hydrogens (tertiary/aromatic N) is 2. The van der Waals surface area contributed by atoms with Crippen molar-refractivity contribution in [2.45, 2.75) is 45.2 Å². The van der Waals surface area contributed by atoms with E-state index in [0.717, 1.165) is 17.9 Å². The second-order valence-electron chi connectivity index (χ2n) is 7.50. The molecule has 3 fully saturated rings. The monoisotopic (exact) mass is 251 g/mol. The minimum Gasteiger partial charge on any atom is -0.316 e. The van der Waals surface area contributed by atoms with E-state index in [1.165, 1.54) is 52.1 Å². The van der Waals surface area contributed by atoms with Gasteiger partial charge in [-0.05, 0) is 58.5 Å². The number of fused-ring (bicyclic) bond motifs is 1. The Kier molecular flexibility index (Phi) is 3.41. The molecule has 3 nitrogen and oxygen atoms in total. The SMILES string of the molecule is CC(C)(C)N1CCN(C2CC3CNCC3C2)CC1. The van der Waals surface area contributed by atoms with Crippen molar-refractivity contribution >= 4 is 0 Å². The summed E-state index contributed by atoms with van der Waals surface area (Å²) in [7, 11) is 0. The summed E-state index contributed by atoms with van der Waals surface area (Å²) in [5.41, 5.74) is 0.349. The number of piperazine rings is 1. The van der Waals surface area contributed by atoms with Crippen LogP contribution in [0.3, 0.4) is 0 Å². The lowest BCUT2D eigenvalue weighted by Gasteiger charge is -2.44. The first-order chi connectivity index (χ1) is 8.54. The zero-order chi connectivity index (χ0) is 12.8. The smallest absolute Gasteiger partial charge is 0.0126 e. The van der Waals surface area contributed by atoms with Crippen molar-refractivity contribution in [2.75, 3.05) is 39.3 Å². The van der Waals surface area contributed by atoms with Crippen LogP contribution in [-0.4, -0.2) is 60.6 Å². The van der Waals surface area contributed by atoms with Gasteiger partial charge in [-0.1, -0.05) is 0 Å².